The van der Waals surface area contributed by atoms with Crippen molar-refractivity contribution >= 4 is 46.7 Å². The lowest BCUT2D eigenvalue weighted by atomic mass is 10.0. The maximum absolute atomic E-state index is 12.5. The predicted octanol–water partition coefficient (Wildman–Crippen LogP) is 4.15. The Morgan fingerprint density at radius 3 is 2.39 bits per heavy atom. The van der Waals surface area contributed by atoms with Crippen LogP contribution >= 0.6 is 23.2 Å². The number of rotatable bonds is 5. The smallest absolute Gasteiger partial charge is 0.338 e. The summed E-state index contributed by atoms with van der Waals surface area (Å²) >= 11 is 12.0. The lowest BCUT2D eigenvalue weighted by molar-refractivity contribution is -0.117. The van der Waals surface area contributed by atoms with Crippen molar-refractivity contribution in [3.63, 3.8) is 0 Å². The van der Waals surface area contributed by atoms with Gasteiger partial charge in [-0.2, -0.15) is 0 Å². The van der Waals surface area contributed by atoms with Crippen molar-refractivity contribution in [2.45, 2.75) is 26.8 Å². The fourth-order valence-electron chi connectivity index (χ4n) is 2.52. The number of ether oxygens (including phenoxy) is 1. The first kappa shape index (κ1) is 21.7. The molecule has 0 saturated carbocycles. The molecule has 0 fully saturated rings. The SMILES string of the molecule is COC(=O)c1cc(NC(=O)C(C)NC(=O)c2cccc(Cl)c2Cl)cc(C)c1C. The van der Waals surface area contributed by atoms with E-state index in [-0.39, 0.29) is 15.6 Å². The largest absolute Gasteiger partial charge is 0.465 e. The number of benzene rings is 2. The highest BCUT2D eigenvalue weighted by molar-refractivity contribution is 6.43. The second-order valence-corrected chi connectivity index (χ2v) is 7.03. The zero-order valence-electron chi connectivity index (χ0n) is 15.9. The van der Waals surface area contributed by atoms with E-state index >= 15 is 0 Å². The van der Waals surface area contributed by atoms with Crippen LogP contribution in [0.5, 0.6) is 0 Å². The molecule has 1 unspecified atom stereocenters. The third kappa shape index (κ3) is 4.82. The average Bonchev–Trinajstić information content (AvgIpc) is 2.65. The van der Waals surface area contributed by atoms with Crippen LogP contribution in [0.4, 0.5) is 5.69 Å². The molecule has 2 aromatic carbocycles. The first-order valence-corrected chi connectivity index (χ1v) is 9.16. The van der Waals surface area contributed by atoms with Gasteiger partial charge < -0.3 is 15.4 Å². The van der Waals surface area contributed by atoms with E-state index < -0.39 is 23.8 Å². The molecule has 2 rings (SSSR count). The fourth-order valence-corrected chi connectivity index (χ4v) is 2.91. The van der Waals surface area contributed by atoms with Crippen LogP contribution in [0.2, 0.25) is 10.0 Å². The molecule has 1 atom stereocenters. The van der Waals surface area contributed by atoms with Gasteiger partial charge in [-0.25, -0.2) is 4.79 Å². The Hall–Kier alpha value is -2.57. The summed E-state index contributed by atoms with van der Waals surface area (Å²) < 4.78 is 4.77. The zero-order chi connectivity index (χ0) is 21.0. The number of carbonyl (C=O) groups is 3. The second-order valence-electron chi connectivity index (χ2n) is 6.24. The molecule has 0 aromatic heterocycles. The molecule has 2 N–H and O–H groups in total. The molecule has 0 aliphatic rings. The van der Waals surface area contributed by atoms with E-state index in [9.17, 15) is 14.4 Å². The number of methoxy groups -OCH3 is 1. The highest BCUT2D eigenvalue weighted by Crippen LogP contribution is 2.25. The molecule has 2 amide bonds. The molecule has 8 heteroatoms. The van der Waals surface area contributed by atoms with Crippen LogP contribution in [0.1, 0.15) is 38.8 Å². The van der Waals surface area contributed by atoms with Crippen LogP contribution in [-0.4, -0.2) is 30.9 Å². The molecule has 0 heterocycles. The Morgan fingerprint density at radius 1 is 1.07 bits per heavy atom. The van der Waals surface area contributed by atoms with Crippen molar-refractivity contribution in [1.82, 2.24) is 5.32 Å². The van der Waals surface area contributed by atoms with Gasteiger partial charge in [-0.1, -0.05) is 29.3 Å². The van der Waals surface area contributed by atoms with Crippen molar-refractivity contribution in [1.29, 1.82) is 0 Å². The number of esters is 1. The van der Waals surface area contributed by atoms with Gasteiger partial charge in [-0.15, -0.1) is 0 Å². The van der Waals surface area contributed by atoms with E-state index in [1.807, 2.05) is 6.92 Å². The maximum atomic E-state index is 12.5. The summed E-state index contributed by atoms with van der Waals surface area (Å²) in [5, 5.41) is 5.63. The van der Waals surface area contributed by atoms with Crippen molar-refractivity contribution in [3.05, 3.63) is 62.6 Å². The second kappa shape index (κ2) is 9.08. The monoisotopic (exact) mass is 422 g/mol. The Morgan fingerprint density at radius 2 is 1.75 bits per heavy atom. The number of aryl methyl sites for hydroxylation is 1. The number of anilines is 1. The third-order valence-corrected chi connectivity index (χ3v) is 5.10. The molecule has 0 spiro atoms. The highest BCUT2D eigenvalue weighted by atomic mass is 35.5. The first-order valence-electron chi connectivity index (χ1n) is 8.41. The van der Waals surface area contributed by atoms with Crippen molar-refractivity contribution in [3.8, 4) is 0 Å². The van der Waals surface area contributed by atoms with E-state index in [1.165, 1.54) is 26.2 Å². The Labute approximate surface area is 173 Å². The average molecular weight is 423 g/mol. The lowest BCUT2D eigenvalue weighted by Gasteiger charge is -2.16. The van der Waals surface area contributed by atoms with Gasteiger partial charge in [0, 0.05) is 5.69 Å². The minimum Gasteiger partial charge on any atom is -0.465 e. The highest BCUT2D eigenvalue weighted by Gasteiger charge is 2.20. The van der Waals surface area contributed by atoms with Crippen LogP contribution in [-0.2, 0) is 9.53 Å². The Balaban J connectivity index is 2.14. The number of halogens is 2. The Kier molecular flexibility index (Phi) is 7.05. The van der Waals surface area contributed by atoms with Gasteiger partial charge in [0.2, 0.25) is 5.91 Å². The van der Waals surface area contributed by atoms with Crippen LogP contribution < -0.4 is 10.6 Å². The third-order valence-electron chi connectivity index (χ3n) is 4.28. The van der Waals surface area contributed by atoms with Crippen molar-refractivity contribution in [2.24, 2.45) is 0 Å². The van der Waals surface area contributed by atoms with Crippen molar-refractivity contribution in [2.75, 3.05) is 12.4 Å². The molecule has 0 radical (unpaired) electrons. The van der Waals surface area contributed by atoms with E-state index in [0.29, 0.717) is 11.3 Å². The molecule has 148 valence electrons. The molecule has 2 aromatic rings. The zero-order valence-corrected chi connectivity index (χ0v) is 17.4. The van der Waals surface area contributed by atoms with Gasteiger partial charge in [0.15, 0.2) is 0 Å². The molecule has 0 saturated heterocycles. The molecular weight excluding hydrogens is 403 g/mol. The summed E-state index contributed by atoms with van der Waals surface area (Å²) in [7, 11) is 1.29. The van der Waals surface area contributed by atoms with Crippen LogP contribution in [0.3, 0.4) is 0 Å². The summed E-state index contributed by atoms with van der Waals surface area (Å²) in [5.74, 6) is -1.47. The number of hydrogen-bond acceptors (Lipinski definition) is 4. The van der Waals surface area contributed by atoms with Crippen molar-refractivity contribution < 1.29 is 19.1 Å². The summed E-state index contributed by atoms with van der Waals surface area (Å²) in [6, 6.07) is 7.09. The summed E-state index contributed by atoms with van der Waals surface area (Å²) in [4.78, 5) is 36.8. The van der Waals surface area contributed by atoms with Gasteiger partial charge in [0.25, 0.3) is 5.91 Å². The van der Waals surface area contributed by atoms with Gasteiger partial charge in [-0.05, 0) is 56.2 Å². The maximum Gasteiger partial charge on any atom is 0.338 e. The molecule has 0 aliphatic heterocycles. The molecule has 6 nitrogen and oxygen atoms in total. The molecule has 0 aliphatic carbocycles. The van der Waals surface area contributed by atoms with Gasteiger partial charge in [-0.3, -0.25) is 9.59 Å². The number of hydrogen-bond donors (Lipinski definition) is 2. The van der Waals surface area contributed by atoms with E-state index in [0.717, 1.165) is 11.1 Å². The van der Waals surface area contributed by atoms with Gasteiger partial charge in [0.05, 0.1) is 28.3 Å². The van der Waals surface area contributed by atoms with Crippen LogP contribution in [0.25, 0.3) is 0 Å². The van der Waals surface area contributed by atoms with Gasteiger partial charge >= 0.3 is 5.97 Å². The van der Waals surface area contributed by atoms with E-state index in [1.54, 1.807) is 25.1 Å². The van der Waals surface area contributed by atoms with Crippen LogP contribution in [0.15, 0.2) is 30.3 Å². The normalized spacial score (nSPS) is 11.5. The lowest BCUT2D eigenvalue weighted by Crippen LogP contribution is -2.41. The standard InChI is InChI=1S/C20H20Cl2N2O4/c1-10-8-13(9-15(11(10)2)20(27)28-4)24-18(25)12(3)23-19(26)14-6-5-7-16(21)17(14)22/h5-9,12H,1-4H3,(H,23,26)(H,24,25). The number of carbonyl (C=O) groups excluding carboxylic acids is 3. The molecule has 28 heavy (non-hydrogen) atoms. The predicted molar refractivity (Wildman–Crippen MR) is 109 cm³/mol. The van der Waals surface area contributed by atoms with Gasteiger partial charge in [0.1, 0.15) is 6.04 Å². The first-order chi connectivity index (χ1) is 13.1. The van der Waals surface area contributed by atoms with E-state index in [2.05, 4.69) is 10.6 Å². The molecule has 0 bridgehead atoms. The minimum atomic E-state index is -0.856. The van der Waals surface area contributed by atoms with Crippen LogP contribution in [0, 0.1) is 13.8 Å². The van der Waals surface area contributed by atoms with E-state index in [4.69, 9.17) is 27.9 Å². The quantitative estimate of drug-likeness (QED) is 0.708. The summed E-state index contributed by atoms with van der Waals surface area (Å²) in [5.41, 5.74) is 2.55. The number of nitrogens with one attached hydrogen (secondary N) is 2. The summed E-state index contributed by atoms with van der Waals surface area (Å²) in [6.45, 7) is 5.16. The Bertz CT molecular complexity index is 944. The fraction of sp³-hybridized carbons (Fsp3) is 0.250. The number of amides is 2. The topological polar surface area (TPSA) is 84.5 Å². The molecular formula is C20H20Cl2N2O4. The minimum absolute atomic E-state index is 0.117. The summed E-state index contributed by atoms with van der Waals surface area (Å²) in [6.07, 6.45) is 0.